The van der Waals surface area contributed by atoms with E-state index < -0.39 is 15.1 Å². The standard InChI is InChI=1S/C10H13NO4S/c1-14-8-2-3-10-7(4-8)5-9(6-15-11)16(10,12)13/h2-4,9H,5-6,11H2,1H3. The van der Waals surface area contributed by atoms with Crippen LogP contribution >= 0.6 is 0 Å². The number of methoxy groups -OCH3 is 1. The van der Waals surface area contributed by atoms with Gasteiger partial charge in [-0.25, -0.2) is 14.3 Å². The molecule has 16 heavy (non-hydrogen) atoms. The maximum Gasteiger partial charge on any atom is 0.184 e. The number of hydrogen-bond donors (Lipinski definition) is 1. The van der Waals surface area contributed by atoms with Crippen LogP contribution in [0, 0.1) is 0 Å². The molecule has 0 radical (unpaired) electrons. The molecule has 0 fully saturated rings. The van der Waals surface area contributed by atoms with Crippen LogP contribution in [0.25, 0.3) is 0 Å². The Bertz CT molecular complexity index is 498. The van der Waals surface area contributed by atoms with Gasteiger partial charge in [0.1, 0.15) is 5.75 Å². The summed E-state index contributed by atoms with van der Waals surface area (Å²) >= 11 is 0. The monoisotopic (exact) mass is 243 g/mol. The molecule has 88 valence electrons. The highest BCUT2D eigenvalue weighted by Crippen LogP contribution is 2.33. The summed E-state index contributed by atoms with van der Waals surface area (Å²) in [5.41, 5.74) is 0.765. The second kappa shape index (κ2) is 4.04. The fourth-order valence-corrected chi connectivity index (χ4v) is 3.69. The zero-order chi connectivity index (χ0) is 11.8. The van der Waals surface area contributed by atoms with Crippen LogP contribution in [0.3, 0.4) is 0 Å². The maximum atomic E-state index is 12.0. The fourth-order valence-electron chi connectivity index (χ4n) is 1.91. The minimum atomic E-state index is -3.29. The van der Waals surface area contributed by atoms with E-state index >= 15 is 0 Å². The Morgan fingerprint density at radius 2 is 2.25 bits per heavy atom. The van der Waals surface area contributed by atoms with E-state index in [1.165, 1.54) is 0 Å². The number of hydrogen-bond acceptors (Lipinski definition) is 5. The molecule has 0 saturated heterocycles. The summed E-state index contributed by atoms with van der Waals surface area (Å²) in [4.78, 5) is 4.80. The van der Waals surface area contributed by atoms with Gasteiger partial charge in [-0.05, 0) is 30.2 Å². The van der Waals surface area contributed by atoms with Crippen molar-refractivity contribution in [2.75, 3.05) is 13.7 Å². The van der Waals surface area contributed by atoms with Crippen molar-refractivity contribution in [1.82, 2.24) is 0 Å². The van der Waals surface area contributed by atoms with Gasteiger partial charge in [0.25, 0.3) is 0 Å². The molecule has 0 bridgehead atoms. The molecule has 1 aromatic carbocycles. The lowest BCUT2D eigenvalue weighted by molar-refractivity contribution is 0.138. The lowest BCUT2D eigenvalue weighted by Gasteiger charge is -2.06. The van der Waals surface area contributed by atoms with Gasteiger partial charge in [-0.15, -0.1) is 0 Å². The third-order valence-corrected chi connectivity index (χ3v) is 4.93. The second-order valence-corrected chi connectivity index (χ2v) is 5.87. The molecule has 1 aromatic rings. The molecular formula is C10H13NO4S. The van der Waals surface area contributed by atoms with Crippen molar-refractivity contribution in [2.24, 2.45) is 5.90 Å². The number of ether oxygens (including phenoxy) is 1. The zero-order valence-corrected chi connectivity index (χ0v) is 9.66. The van der Waals surface area contributed by atoms with Crippen molar-refractivity contribution in [2.45, 2.75) is 16.6 Å². The Hall–Kier alpha value is -1.11. The first-order valence-corrected chi connectivity index (χ1v) is 6.36. The van der Waals surface area contributed by atoms with E-state index in [1.807, 2.05) is 0 Å². The topological polar surface area (TPSA) is 78.6 Å². The number of sulfone groups is 1. The molecule has 0 amide bonds. The van der Waals surface area contributed by atoms with E-state index in [1.54, 1.807) is 25.3 Å². The Kier molecular flexibility index (Phi) is 2.88. The largest absolute Gasteiger partial charge is 0.497 e. The average molecular weight is 243 g/mol. The fraction of sp³-hybridized carbons (Fsp3) is 0.400. The molecule has 1 aliphatic rings. The van der Waals surface area contributed by atoms with E-state index in [4.69, 9.17) is 10.6 Å². The Balaban J connectivity index is 2.44. The predicted octanol–water partition coefficient (Wildman–Crippen LogP) is 0.284. The van der Waals surface area contributed by atoms with Crippen LogP contribution in [0.15, 0.2) is 23.1 Å². The smallest absolute Gasteiger partial charge is 0.184 e. The molecule has 2 rings (SSSR count). The highest BCUT2D eigenvalue weighted by molar-refractivity contribution is 7.92. The van der Waals surface area contributed by atoms with Gasteiger partial charge < -0.3 is 9.57 Å². The van der Waals surface area contributed by atoms with E-state index in [0.717, 1.165) is 5.56 Å². The first-order valence-electron chi connectivity index (χ1n) is 4.82. The number of rotatable bonds is 3. The van der Waals surface area contributed by atoms with Crippen molar-refractivity contribution in [1.29, 1.82) is 0 Å². The summed E-state index contributed by atoms with van der Waals surface area (Å²) in [6, 6.07) is 4.95. The Morgan fingerprint density at radius 3 is 2.88 bits per heavy atom. The van der Waals surface area contributed by atoms with Crippen molar-refractivity contribution < 1.29 is 18.0 Å². The van der Waals surface area contributed by atoms with Crippen molar-refractivity contribution in [3.8, 4) is 5.75 Å². The lowest BCUT2D eigenvalue weighted by Crippen LogP contribution is -2.24. The van der Waals surface area contributed by atoms with Gasteiger partial charge >= 0.3 is 0 Å². The first-order chi connectivity index (χ1) is 7.59. The van der Waals surface area contributed by atoms with Gasteiger partial charge in [0, 0.05) is 0 Å². The minimum absolute atomic E-state index is 0.0132. The van der Waals surface area contributed by atoms with Crippen LogP contribution in [0.1, 0.15) is 5.56 Å². The summed E-state index contributed by atoms with van der Waals surface area (Å²) in [6.45, 7) is 0.0132. The average Bonchev–Trinajstić information content (AvgIpc) is 2.51. The van der Waals surface area contributed by atoms with Crippen LogP contribution in [0.2, 0.25) is 0 Å². The van der Waals surface area contributed by atoms with Gasteiger partial charge in [-0.3, -0.25) is 0 Å². The third kappa shape index (κ3) is 1.68. The minimum Gasteiger partial charge on any atom is -0.497 e. The SMILES string of the molecule is COc1ccc2c(c1)CC(CON)S2(=O)=O. The maximum absolute atomic E-state index is 12.0. The highest BCUT2D eigenvalue weighted by Gasteiger charge is 2.37. The predicted molar refractivity (Wildman–Crippen MR) is 57.8 cm³/mol. The van der Waals surface area contributed by atoms with Crippen LogP contribution in [0.5, 0.6) is 5.75 Å². The molecule has 6 heteroatoms. The van der Waals surface area contributed by atoms with Gasteiger partial charge in [-0.2, -0.15) is 0 Å². The molecule has 0 aromatic heterocycles. The summed E-state index contributed by atoms with van der Waals surface area (Å²) < 4.78 is 29.0. The van der Waals surface area contributed by atoms with Crippen LogP contribution in [-0.2, 0) is 21.1 Å². The normalized spacial score (nSPS) is 21.8. The summed E-state index contributed by atoms with van der Waals surface area (Å²) in [5.74, 6) is 5.59. The van der Waals surface area contributed by atoms with Crippen molar-refractivity contribution >= 4 is 9.84 Å². The molecule has 5 nitrogen and oxygen atoms in total. The Labute approximate surface area is 94.0 Å². The molecular weight excluding hydrogens is 230 g/mol. The second-order valence-electron chi connectivity index (χ2n) is 3.68. The van der Waals surface area contributed by atoms with Crippen LogP contribution in [-0.4, -0.2) is 27.4 Å². The van der Waals surface area contributed by atoms with Crippen LogP contribution in [0.4, 0.5) is 0 Å². The van der Waals surface area contributed by atoms with Crippen molar-refractivity contribution in [3.05, 3.63) is 23.8 Å². The molecule has 0 aliphatic carbocycles. The number of fused-ring (bicyclic) bond motifs is 1. The van der Waals surface area contributed by atoms with Gasteiger partial charge in [0.15, 0.2) is 9.84 Å². The molecule has 1 unspecified atom stereocenters. The van der Waals surface area contributed by atoms with Gasteiger partial charge in [0.05, 0.1) is 23.9 Å². The van der Waals surface area contributed by atoms with Crippen molar-refractivity contribution in [3.63, 3.8) is 0 Å². The van der Waals surface area contributed by atoms with E-state index in [2.05, 4.69) is 4.84 Å². The lowest BCUT2D eigenvalue weighted by atomic mass is 10.1. The molecule has 1 atom stereocenters. The summed E-state index contributed by atoms with van der Waals surface area (Å²) in [6.07, 6.45) is 0.423. The summed E-state index contributed by atoms with van der Waals surface area (Å²) in [5, 5.41) is -0.584. The van der Waals surface area contributed by atoms with Crippen LogP contribution < -0.4 is 10.6 Å². The molecule has 0 saturated carbocycles. The first kappa shape index (κ1) is 11.4. The quantitative estimate of drug-likeness (QED) is 0.772. The van der Waals surface area contributed by atoms with E-state index in [-0.39, 0.29) is 6.61 Å². The molecule has 1 aliphatic heterocycles. The highest BCUT2D eigenvalue weighted by atomic mass is 32.2. The van der Waals surface area contributed by atoms with E-state index in [9.17, 15) is 8.42 Å². The zero-order valence-electron chi connectivity index (χ0n) is 8.84. The van der Waals surface area contributed by atoms with Gasteiger partial charge in [-0.1, -0.05) is 0 Å². The molecule has 0 spiro atoms. The van der Waals surface area contributed by atoms with E-state index in [0.29, 0.717) is 17.1 Å². The molecule has 2 N–H and O–H groups in total. The van der Waals surface area contributed by atoms with Gasteiger partial charge in [0.2, 0.25) is 0 Å². The summed E-state index contributed by atoms with van der Waals surface area (Å²) in [7, 11) is -1.75. The Morgan fingerprint density at radius 1 is 1.50 bits per heavy atom. The third-order valence-electron chi connectivity index (χ3n) is 2.74. The number of nitrogens with two attached hydrogens (primary N) is 1. The molecule has 1 heterocycles. The number of benzene rings is 1.